The average Bonchev–Trinajstić information content (AvgIpc) is 2.38. The number of hydrogen-bond donors (Lipinski definition) is 2. The average molecular weight is 299 g/mol. The summed E-state index contributed by atoms with van der Waals surface area (Å²) in [5.41, 5.74) is 6.91. The van der Waals surface area contributed by atoms with Crippen molar-refractivity contribution in [2.45, 2.75) is 6.92 Å². The molecule has 2 amide bonds. The van der Waals surface area contributed by atoms with Crippen LogP contribution in [0.3, 0.4) is 0 Å². The van der Waals surface area contributed by atoms with E-state index >= 15 is 0 Å². The van der Waals surface area contributed by atoms with Crippen LogP contribution in [0.1, 0.15) is 5.56 Å². The molecule has 0 bridgehead atoms. The number of methoxy groups -OCH3 is 1. The molecule has 0 aromatic heterocycles. The number of guanidine groups is 1. The molecule has 1 rings (SSSR count). The van der Waals surface area contributed by atoms with E-state index in [9.17, 15) is 4.79 Å². The molecule has 110 valence electrons. The highest BCUT2D eigenvalue weighted by Crippen LogP contribution is 2.29. The third-order valence-corrected chi connectivity index (χ3v) is 3.16. The van der Waals surface area contributed by atoms with E-state index in [4.69, 9.17) is 27.5 Å². The number of amides is 2. The normalized spacial score (nSPS) is 10.2. The van der Waals surface area contributed by atoms with Crippen molar-refractivity contribution in [1.82, 2.24) is 4.90 Å². The first kappa shape index (κ1) is 16.3. The Kier molecular flexibility index (Phi) is 5.79. The van der Waals surface area contributed by atoms with Crippen LogP contribution in [-0.4, -0.2) is 44.2 Å². The van der Waals surface area contributed by atoms with Crippen molar-refractivity contribution >= 4 is 29.3 Å². The second-order valence-corrected chi connectivity index (χ2v) is 4.68. The molecule has 0 saturated heterocycles. The maximum atomic E-state index is 12.4. The van der Waals surface area contributed by atoms with E-state index in [1.54, 1.807) is 13.1 Å². The van der Waals surface area contributed by atoms with Crippen LogP contribution in [0.15, 0.2) is 18.2 Å². The van der Waals surface area contributed by atoms with Gasteiger partial charge in [0.25, 0.3) is 0 Å². The first-order valence-corrected chi connectivity index (χ1v) is 6.41. The largest absolute Gasteiger partial charge is 0.383 e. The van der Waals surface area contributed by atoms with Crippen LogP contribution in [0.5, 0.6) is 0 Å². The van der Waals surface area contributed by atoms with Gasteiger partial charge < -0.3 is 10.5 Å². The van der Waals surface area contributed by atoms with Gasteiger partial charge in [-0.05, 0) is 18.6 Å². The first-order chi connectivity index (χ1) is 9.40. The molecule has 3 N–H and O–H groups in total. The molecule has 20 heavy (non-hydrogen) atoms. The van der Waals surface area contributed by atoms with Gasteiger partial charge in [-0.1, -0.05) is 23.7 Å². The highest BCUT2D eigenvalue weighted by molar-refractivity contribution is 6.34. The quantitative estimate of drug-likeness (QED) is 0.659. The predicted octanol–water partition coefficient (Wildman–Crippen LogP) is 2.05. The Hall–Kier alpha value is -1.79. The van der Waals surface area contributed by atoms with Gasteiger partial charge in [0.05, 0.1) is 23.9 Å². The minimum atomic E-state index is -0.425. The van der Waals surface area contributed by atoms with E-state index in [0.717, 1.165) is 10.5 Å². The fraction of sp³-hybridized carbons (Fsp3) is 0.385. The minimum Gasteiger partial charge on any atom is -0.383 e. The number of ether oxygens (including phenoxy) is 1. The van der Waals surface area contributed by atoms with Crippen LogP contribution in [0, 0.1) is 12.3 Å². The Morgan fingerprint density at radius 1 is 1.50 bits per heavy atom. The van der Waals surface area contributed by atoms with Gasteiger partial charge in [0.1, 0.15) is 0 Å². The second kappa shape index (κ2) is 7.12. The SMILES string of the molecule is COCCN(C(=N)N)C(=O)N(C)c1c(C)cccc1Cl. The number of nitrogens with zero attached hydrogens (tertiary/aromatic N) is 2. The van der Waals surface area contributed by atoms with Gasteiger partial charge in [-0.25, -0.2) is 4.79 Å². The number of urea groups is 1. The van der Waals surface area contributed by atoms with Crippen molar-refractivity contribution in [2.24, 2.45) is 5.73 Å². The zero-order valence-electron chi connectivity index (χ0n) is 11.8. The van der Waals surface area contributed by atoms with Crippen molar-refractivity contribution in [3.05, 3.63) is 28.8 Å². The highest BCUT2D eigenvalue weighted by Gasteiger charge is 2.23. The van der Waals surface area contributed by atoms with Crippen LogP contribution in [0.4, 0.5) is 10.5 Å². The van der Waals surface area contributed by atoms with E-state index in [2.05, 4.69) is 0 Å². The molecule has 6 nitrogen and oxygen atoms in total. The van der Waals surface area contributed by atoms with Gasteiger partial charge in [0.2, 0.25) is 0 Å². The number of aryl methyl sites for hydroxylation is 1. The molecule has 1 aromatic rings. The standard InChI is InChI=1S/C13H19ClN4O2/c1-9-5-4-6-10(14)11(9)17(2)13(19)18(12(15)16)7-8-20-3/h4-6H,7-8H2,1-3H3,(H3,15,16). The number of carbonyl (C=O) groups excluding carboxylic acids is 1. The Balaban J connectivity index is 3.02. The lowest BCUT2D eigenvalue weighted by atomic mass is 10.2. The Morgan fingerprint density at radius 3 is 2.65 bits per heavy atom. The zero-order valence-corrected chi connectivity index (χ0v) is 12.6. The van der Waals surface area contributed by atoms with Crippen LogP contribution in [-0.2, 0) is 4.74 Å². The Morgan fingerprint density at radius 2 is 2.15 bits per heavy atom. The minimum absolute atomic E-state index is 0.207. The van der Waals surface area contributed by atoms with Crippen LogP contribution < -0.4 is 10.6 Å². The molecular formula is C13H19ClN4O2. The summed E-state index contributed by atoms with van der Waals surface area (Å²) in [6, 6.07) is 4.96. The summed E-state index contributed by atoms with van der Waals surface area (Å²) in [6.45, 7) is 2.36. The van der Waals surface area contributed by atoms with Gasteiger partial charge in [0.15, 0.2) is 5.96 Å². The summed E-state index contributed by atoms with van der Waals surface area (Å²) in [4.78, 5) is 14.9. The monoisotopic (exact) mass is 298 g/mol. The number of carbonyl (C=O) groups is 1. The van der Waals surface area contributed by atoms with Crippen LogP contribution >= 0.6 is 11.6 Å². The zero-order chi connectivity index (χ0) is 15.3. The summed E-state index contributed by atoms with van der Waals surface area (Å²) < 4.78 is 4.91. The molecule has 0 unspecified atom stereocenters. The van der Waals surface area contributed by atoms with E-state index < -0.39 is 6.03 Å². The van der Waals surface area contributed by atoms with Gasteiger partial charge >= 0.3 is 6.03 Å². The molecule has 0 saturated carbocycles. The van der Waals surface area contributed by atoms with Gasteiger partial charge in [-0.15, -0.1) is 0 Å². The van der Waals surface area contributed by atoms with Crippen molar-refractivity contribution in [3.63, 3.8) is 0 Å². The lowest BCUT2D eigenvalue weighted by Gasteiger charge is -2.28. The molecule has 0 atom stereocenters. The van der Waals surface area contributed by atoms with Crippen molar-refractivity contribution in [1.29, 1.82) is 5.41 Å². The first-order valence-electron chi connectivity index (χ1n) is 6.03. The summed E-state index contributed by atoms with van der Waals surface area (Å²) in [6.07, 6.45) is 0. The Labute approximate surface area is 123 Å². The lowest BCUT2D eigenvalue weighted by molar-refractivity contribution is 0.174. The molecule has 0 radical (unpaired) electrons. The maximum Gasteiger partial charge on any atom is 0.331 e. The second-order valence-electron chi connectivity index (χ2n) is 4.28. The molecule has 0 heterocycles. The molecule has 1 aromatic carbocycles. The Bertz CT molecular complexity index is 487. The van der Waals surface area contributed by atoms with Crippen LogP contribution in [0.25, 0.3) is 0 Å². The summed E-state index contributed by atoms with van der Waals surface area (Å²) >= 11 is 6.14. The fourth-order valence-corrected chi connectivity index (χ4v) is 2.17. The lowest BCUT2D eigenvalue weighted by Crippen LogP contribution is -2.49. The predicted molar refractivity (Wildman–Crippen MR) is 80.5 cm³/mol. The van der Waals surface area contributed by atoms with Gasteiger partial charge in [-0.2, -0.15) is 0 Å². The number of nitrogens with two attached hydrogens (primary N) is 1. The number of halogens is 1. The number of hydrogen-bond acceptors (Lipinski definition) is 3. The van der Waals surface area contributed by atoms with Gasteiger partial charge in [0, 0.05) is 14.2 Å². The summed E-state index contributed by atoms with van der Waals surface area (Å²) in [5, 5.41) is 7.96. The van der Waals surface area contributed by atoms with E-state index in [1.807, 2.05) is 19.1 Å². The third-order valence-electron chi connectivity index (χ3n) is 2.85. The third kappa shape index (κ3) is 3.61. The fourth-order valence-electron chi connectivity index (χ4n) is 1.83. The maximum absolute atomic E-state index is 12.4. The van der Waals surface area contributed by atoms with E-state index in [-0.39, 0.29) is 12.5 Å². The number of rotatable bonds is 4. The molecule has 7 heteroatoms. The molecule has 0 spiro atoms. The molecule has 0 aliphatic rings. The highest BCUT2D eigenvalue weighted by atomic mass is 35.5. The van der Waals surface area contributed by atoms with Crippen molar-refractivity contribution < 1.29 is 9.53 Å². The van der Waals surface area contributed by atoms with Crippen LogP contribution in [0.2, 0.25) is 5.02 Å². The number of nitrogens with one attached hydrogen (secondary N) is 1. The number of benzene rings is 1. The smallest absolute Gasteiger partial charge is 0.331 e. The molecule has 0 aliphatic carbocycles. The van der Waals surface area contributed by atoms with E-state index in [1.165, 1.54) is 12.0 Å². The van der Waals surface area contributed by atoms with Crippen molar-refractivity contribution in [3.8, 4) is 0 Å². The molecule has 0 fully saturated rings. The molecule has 0 aliphatic heterocycles. The van der Waals surface area contributed by atoms with E-state index in [0.29, 0.717) is 17.3 Å². The topological polar surface area (TPSA) is 82.6 Å². The number of anilines is 1. The summed E-state index contributed by atoms with van der Waals surface area (Å²) in [7, 11) is 3.12. The van der Waals surface area contributed by atoms with Crippen molar-refractivity contribution in [2.75, 3.05) is 32.2 Å². The number of para-hydroxylation sites is 1. The molecular weight excluding hydrogens is 280 g/mol. The summed E-state index contributed by atoms with van der Waals surface area (Å²) in [5.74, 6) is -0.330. The van der Waals surface area contributed by atoms with Gasteiger partial charge in [-0.3, -0.25) is 15.2 Å².